The van der Waals surface area contributed by atoms with Gasteiger partial charge in [0.05, 0.1) is 4.88 Å². The van der Waals surface area contributed by atoms with E-state index in [0.717, 1.165) is 23.2 Å². The largest absolute Gasteiger partial charge is 0.347 e. The van der Waals surface area contributed by atoms with Gasteiger partial charge in [0.1, 0.15) is 5.82 Å². The number of nitrogens with one attached hydrogen (secondary N) is 1. The number of carbonyl (C=O) groups excluding carboxylic acids is 2. The Bertz CT molecular complexity index is 984. The number of halogens is 1. The van der Waals surface area contributed by atoms with Crippen molar-refractivity contribution in [2.75, 3.05) is 11.4 Å². The first-order valence-corrected chi connectivity index (χ1v) is 9.51. The maximum absolute atomic E-state index is 13.1. The summed E-state index contributed by atoms with van der Waals surface area (Å²) in [6, 6.07) is 15.1. The summed E-state index contributed by atoms with van der Waals surface area (Å²) in [6.07, 6.45) is 0.759. The van der Waals surface area contributed by atoms with Gasteiger partial charge in [-0.15, -0.1) is 11.3 Å². The van der Waals surface area contributed by atoms with E-state index in [0.29, 0.717) is 23.5 Å². The molecule has 0 saturated carbocycles. The normalized spacial score (nSPS) is 12.7. The van der Waals surface area contributed by atoms with E-state index in [-0.39, 0.29) is 17.6 Å². The van der Waals surface area contributed by atoms with E-state index in [1.807, 2.05) is 29.6 Å². The number of rotatable bonds is 4. The van der Waals surface area contributed by atoms with Gasteiger partial charge in [0.25, 0.3) is 11.8 Å². The molecule has 0 unspecified atom stereocenters. The number of amides is 2. The summed E-state index contributed by atoms with van der Waals surface area (Å²) in [7, 11) is 0. The zero-order chi connectivity index (χ0) is 18.8. The van der Waals surface area contributed by atoms with Crippen LogP contribution in [0.4, 0.5) is 10.1 Å². The molecule has 1 aliphatic rings. The third-order valence-corrected chi connectivity index (χ3v) is 5.44. The number of benzene rings is 2. The summed E-state index contributed by atoms with van der Waals surface area (Å²) in [4.78, 5) is 27.2. The molecule has 4 nitrogen and oxygen atoms in total. The van der Waals surface area contributed by atoms with Crippen molar-refractivity contribution < 1.29 is 14.0 Å². The average Bonchev–Trinajstić information content (AvgIpc) is 3.36. The molecule has 1 aromatic heterocycles. The van der Waals surface area contributed by atoms with Crippen LogP contribution in [0.15, 0.2) is 60.0 Å². The maximum Gasteiger partial charge on any atom is 0.261 e. The van der Waals surface area contributed by atoms with Gasteiger partial charge in [-0.25, -0.2) is 4.39 Å². The van der Waals surface area contributed by atoms with Crippen LogP contribution < -0.4 is 10.2 Å². The van der Waals surface area contributed by atoms with E-state index < -0.39 is 0 Å². The van der Waals surface area contributed by atoms with Gasteiger partial charge in [0, 0.05) is 24.3 Å². The van der Waals surface area contributed by atoms with Gasteiger partial charge >= 0.3 is 0 Å². The molecule has 27 heavy (non-hydrogen) atoms. The second kappa shape index (κ2) is 7.32. The minimum Gasteiger partial charge on any atom is -0.347 e. The summed E-state index contributed by atoms with van der Waals surface area (Å²) in [6.45, 7) is 1.03. The van der Waals surface area contributed by atoms with Crippen molar-refractivity contribution in [3.8, 4) is 0 Å². The second-order valence-electron chi connectivity index (χ2n) is 6.34. The van der Waals surface area contributed by atoms with E-state index in [1.54, 1.807) is 11.0 Å². The number of fused-ring (bicyclic) bond motifs is 1. The van der Waals surface area contributed by atoms with Gasteiger partial charge in [-0.05, 0) is 59.3 Å². The molecule has 3 aromatic rings. The molecule has 2 aromatic carbocycles. The lowest BCUT2D eigenvalue weighted by Crippen LogP contribution is -2.28. The van der Waals surface area contributed by atoms with E-state index in [4.69, 9.17) is 0 Å². The Labute approximate surface area is 160 Å². The van der Waals surface area contributed by atoms with E-state index >= 15 is 0 Å². The zero-order valence-electron chi connectivity index (χ0n) is 14.4. The molecule has 0 atom stereocenters. The highest BCUT2D eigenvalue weighted by molar-refractivity contribution is 7.12. The van der Waals surface area contributed by atoms with Gasteiger partial charge in [-0.1, -0.05) is 18.2 Å². The van der Waals surface area contributed by atoms with Crippen LogP contribution in [0.3, 0.4) is 0 Å². The fourth-order valence-corrected chi connectivity index (χ4v) is 3.84. The van der Waals surface area contributed by atoms with Gasteiger partial charge < -0.3 is 10.2 Å². The summed E-state index contributed by atoms with van der Waals surface area (Å²) >= 11 is 1.41. The summed E-state index contributed by atoms with van der Waals surface area (Å²) in [5.74, 6) is -0.575. The highest BCUT2D eigenvalue weighted by atomic mass is 32.1. The molecule has 0 bridgehead atoms. The van der Waals surface area contributed by atoms with Crippen LogP contribution in [-0.4, -0.2) is 18.4 Å². The Balaban J connectivity index is 1.46. The minimum absolute atomic E-state index is 0.0846. The first-order chi connectivity index (χ1) is 13.1. The Kier molecular flexibility index (Phi) is 4.73. The molecule has 0 aliphatic carbocycles. The van der Waals surface area contributed by atoms with Crippen molar-refractivity contribution in [1.82, 2.24) is 5.32 Å². The van der Waals surface area contributed by atoms with E-state index in [9.17, 15) is 14.0 Å². The summed E-state index contributed by atoms with van der Waals surface area (Å²) in [5.41, 5.74) is 3.41. The second-order valence-corrected chi connectivity index (χ2v) is 7.28. The Morgan fingerprint density at radius 1 is 1.11 bits per heavy atom. The molecule has 1 aliphatic heterocycles. The fourth-order valence-electron chi connectivity index (χ4n) is 3.20. The molecule has 0 fully saturated rings. The molecular formula is C21H17FN2O2S. The SMILES string of the molecule is O=C(NCc1ccc2c(c1)CCN2C(=O)c1ccc(F)cc1)c1cccs1. The molecule has 2 heterocycles. The topological polar surface area (TPSA) is 49.4 Å². The van der Waals surface area contributed by atoms with Crippen molar-refractivity contribution in [3.05, 3.63) is 87.4 Å². The maximum atomic E-state index is 13.1. The highest BCUT2D eigenvalue weighted by Gasteiger charge is 2.25. The predicted molar refractivity (Wildman–Crippen MR) is 104 cm³/mol. The monoisotopic (exact) mass is 380 g/mol. The van der Waals surface area contributed by atoms with Crippen molar-refractivity contribution in [1.29, 1.82) is 0 Å². The Morgan fingerprint density at radius 2 is 1.93 bits per heavy atom. The van der Waals surface area contributed by atoms with Crippen molar-refractivity contribution in [2.45, 2.75) is 13.0 Å². The highest BCUT2D eigenvalue weighted by Crippen LogP contribution is 2.30. The first-order valence-electron chi connectivity index (χ1n) is 8.63. The number of thiophene rings is 1. The van der Waals surface area contributed by atoms with Crippen LogP contribution in [0.2, 0.25) is 0 Å². The van der Waals surface area contributed by atoms with Crippen LogP contribution in [0.25, 0.3) is 0 Å². The number of hydrogen-bond acceptors (Lipinski definition) is 3. The quantitative estimate of drug-likeness (QED) is 0.743. The van der Waals surface area contributed by atoms with Gasteiger partial charge in [-0.3, -0.25) is 9.59 Å². The average molecular weight is 380 g/mol. The standard InChI is InChI=1S/C21H17FN2O2S/c22-17-6-4-15(5-7-17)21(26)24-10-9-16-12-14(3-8-18(16)24)13-23-20(25)19-2-1-11-27-19/h1-8,11-12H,9-10,13H2,(H,23,25). The van der Waals surface area contributed by atoms with Gasteiger partial charge in [0.15, 0.2) is 0 Å². The van der Waals surface area contributed by atoms with Gasteiger partial charge in [-0.2, -0.15) is 0 Å². The summed E-state index contributed by atoms with van der Waals surface area (Å²) in [5, 5.41) is 4.79. The molecule has 4 rings (SSSR count). The predicted octanol–water partition coefficient (Wildman–Crippen LogP) is 4.02. The van der Waals surface area contributed by atoms with Crippen LogP contribution in [-0.2, 0) is 13.0 Å². The smallest absolute Gasteiger partial charge is 0.261 e. The molecule has 6 heteroatoms. The number of hydrogen-bond donors (Lipinski definition) is 1. The molecular weight excluding hydrogens is 363 g/mol. The number of carbonyl (C=O) groups is 2. The van der Waals surface area contributed by atoms with Gasteiger partial charge in [0.2, 0.25) is 0 Å². The fraction of sp³-hybridized carbons (Fsp3) is 0.143. The van der Waals surface area contributed by atoms with Crippen molar-refractivity contribution in [2.24, 2.45) is 0 Å². The minimum atomic E-state index is -0.359. The van der Waals surface area contributed by atoms with Crippen LogP contribution in [0, 0.1) is 5.82 Å². The molecule has 0 spiro atoms. The third-order valence-electron chi connectivity index (χ3n) is 4.57. The first kappa shape index (κ1) is 17.4. The van der Waals surface area contributed by atoms with Crippen LogP contribution >= 0.6 is 11.3 Å². The zero-order valence-corrected chi connectivity index (χ0v) is 15.3. The number of anilines is 1. The molecule has 2 amide bonds. The third kappa shape index (κ3) is 3.61. The van der Waals surface area contributed by atoms with Crippen LogP contribution in [0.1, 0.15) is 31.2 Å². The van der Waals surface area contributed by atoms with E-state index in [2.05, 4.69) is 5.32 Å². The lowest BCUT2D eigenvalue weighted by molar-refractivity contribution is 0.0953. The Morgan fingerprint density at radius 3 is 2.67 bits per heavy atom. The molecule has 0 saturated heterocycles. The molecule has 1 N–H and O–H groups in total. The molecule has 136 valence electrons. The van der Waals surface area contributed by atoms with Crippen molar-refractivity contribution in [3.63, 3.8) is 0 Å². The van der Waals surface area contributed by atoms with E-state index in [1.165, 1.54) is 35.6 Å². The lowest BCUT2D eigenvalue weighted by atomic mass is 10.1. The lowest BCUT2D eigenvalue weighted by Gasteiger charge is -2.17. The summed E-state index contributed by atoms with van der Waals surface area (Å²) < 4.78 is 13.1. The number of nitrogens with zero attached hydrogens (tertiary/aromatic N) is 1. The molecule has 0 radical (unpaired) electrons. The van der Waals surface area contributed by atoms with Crippen molar-refractivity contribution >= 4 is 28.8 Å². The Hall–Kier alpha value is -2.99. The van der Waals surface area contributed by atoms with Crippen LogP contribution in [0.5, 0.6) is 0 Å².